The van der Waals surface area contributed by atoms with Crippen LogP contribution in [0.2, 0.25) is 0 Å². The smallest absolute Gasteiger partial charge is 0.305 e. The quantitative estimate of drug-likeness (QED) is 0.472. The van der Waals surface area contributed by atoms with E-state index in [-0.39, 0.29) is 5.97 Å². The number of rotatable bonds is 2. The van der Waals surface area contributed by atoms with Crippen LogP contribution in [0.25, 0.3) is 0 Å². The van der Waals surface area contributed by atoms with Gasteiger partial charge in [0.05, 0.1) is 19.3 Å². The van der Waals surface area contributed by atoms with Gasteiger partial charge in [0, 0.05) is 6.42 Å². The Labute approximate surface area is 77.4 Å². The van der Waals surface area contributed by atoms with Crippen molar-refractivity contribution in [3.63, 3.8) is 0 Å². The van der Waals surface area contributed by atoms with E-state index in [1.165, 1.54) is 20.0 Å². The summed E-state index contributed by atoms with van der Waals surface area (Å²) >= 11 is 0. The number of hydrogen-bond donors (Lipinski definition) is 0. The van der Waals surface area contributed by atoms with Crippen molar-refractivity contribution in [2.24, 2.45) is 17.8 Å². The highest BCUT2D eigenvalue weighted by molar-refractivity contribution is 5.69. The number of methoxy groups -OCH3 is 1. The van der Waals surface area contributed by atoms with Gasteiger partial charge in [0.2, 0.25) is 0 Å². The molecule has 3 heteroatoms. The lowest BCUT2D eigenvalue weighted by atomic mass is 9.86. The van der Waals surface area contributed by atoms with Gasteiger partial charge in [-0.15, -0.1) is 0 Å². The van der Waals surface area contributed by atoms with Crippen LogP contribution in [0.3, 0.4) is 0 Å². The molecule has 0 aromatic heterocycles. The number of epoxide rings is 1. The molecule has 72 valence electrons. The SMILES string of the molecule is COC(=O)CC1CC2CC1C1OC21. The molecule has 0 amide bonds. The molecule has 1 aliphatic heterocycles. The predicted octanol–water partition coefficient (Wildman–Crippen LogP) is 0.973. The zero-order valence-corrected chi connectivity index (χ0v) is 7.73. The molecule has 2 aliphatic carbocycles. The molecule has 3 nitrogen and oxygen atoms in total. The molecular weight excluding hydrogens is 168 g/mol. The Kier molecular flexibility index (Phi) is 1.48. The summed E-state index contributed by atoms with van der Waals surface area (Å²) in [6.45, 7) is 0. The van der Waals surface area contributed by atoms with E-state index < -0.39 is 0 Å². The molecule has 2 bridgehead atoms. The summed E-state index contributed by atoms with van der Waals surface area (Å²) in [6.07, 6.45) is 4.15. The summed E-state index contributed by atoms with van der Waals surface area (Å²) in [5, 5.41) is 0. The van der Waals surface area contributed by atoms with Crippen molar-refractivity contribution in [3.8, 4) is 0 Å². The summed E-state index contributed by atoms with van der Waals surface area (Å²) in [5.74, 6) is 1.90. The number of fused-ring (bicyclic) bond motifs is 5. The molecule has 0 N–H and O–H groups in total. The molecule has 1 saturated heterocycles. The number of hydrogen-bond acceptors (Lipinski definition) is 3. The lowest BCUT2D eigenvalue weighted by molar-refractivity contribution is -0.142. The second kappa shape index (κ2) is 2.47. The molecule has 0 radical (unpaired) electrons. The third kappa shape index (κ3) is 1.03. The van der Waals surface area contributed by atoms with Crippen LogP contribution in [-0.4, -0.2) is 25.3 Å². The van der Waals surface area contributed by atoms with Crippen LogP contribution in [0.4, 0.5) is 0 Å². The van der Waals surface area contributed by atoms with Crippen LogP contribution in [0, 0.1) is 17.8 Å². The third-order valence-corrected chi connectivity index (χ3v) is 3.89. The average molecular weight is 182 g/mol. The van der Waals surface area contributed by atoms with E-state index in [0.29, 0.717) is 30.5 Å². The first kappa shape index (κ1) is 7.80. The molecule has 13 heavy (non-hydrogen) atoms. The number of carbonyl (C=O) groups is 1. The van der Waals surface area contributed by atoms with Crippen LogP contribution in [0.1, 0.15) is 19.3 Å². The standard InChI is InChI=1S/C10H14O3/c1-12-8(11)4-5-2-6-3-7(5)10-9(6)13-10/h5-7,9-10H,2-4H2,1H3. The van der Waals surface area contributed by atoms with E-state index in [1.54, 1.807) is 0 Å². The lowest BCUT2D eigenvalue weighted by Crippen LogP contribution is -2.21. The van der Waals surface area contributed by atoms with Gasteiger partial charge in [-0.3, -0.25) is 4.79 Å². The second-order valence-corrected chi connectivity index (χ2v) is 4.50. The van der Waals surface area contributed by atoms with Crippen molar-refractivity contribution in [3.05, 3.63) is 0 Å². The Balaban J connectivity index is 1.65. The largest absolute Gasteiger partial charge is 0.469 e. The number of carbonyl (C=O) groups excluding carboxylic acids is 1. The molecule has 2 saturated carbocycles. The van der Waals surface area contributed by atoms with Crippen molar-refractivity contribution in [1.82, 2.24) is 0 Å². The molecule has 0 aromatic carbocycles. The second-order valence-electron chi connectivity index (χ2n) is 4.50. The van der Waals surface area contributed by atoms with E-state index in [4.69, 9.17) is 4.74 Å². The minimum atomic E-state index is -0.0604. The fraction of sp³-hybridized carbons (Fsp3) is 0.900. The maximum absolute atomic E-state index is 11.1. The van der Waals surface area contributed by atoms with E-state index in [2.05, 4.69) is 4.74 Å². The summed E-state index contributed by atoms with van der Waals surface area (Å²) in [6, 6.07) is 0. The minimum absolute atomic E-state index is 0.0604. The first-order chi connectivity index (χ1) is 6.29. The van der Waals surface area contributed by atoms with Gasteiger partial charge in [0.15, 0.2) is 0 Å². The fourth-order valence-corrected chi connectivity index (χ4v) is 3.26. The zero-order valence-electron chi connectivity index (χ0n) is 7.73. The van der Waals surface area contributed by atoms with Gasteiger partial charge in [0.1, 0.15) is 0 Å². The van der Waals surface area contributed by atoms with Crippen LogP contribution in [0.15, 0.2) is 0 Å². The molecule has 1 heterocycles. The van der Waals surface area contributed by atoms with Crippen LogP contribution < -0.4 is 0 Å². The Morgan fingerprint density at radius 2 is 2.31 bits per heavy atom. The van der Waals surface area contributed by atoms with Crippen molar-refractivity contribution < 1.29 is 14.3 Å². The van der Waals surface area contributed by atoms with Gasteiger partial charge in [-0.25, -0.2) is 0 Å². The van der Waals surface area contributed by atoms with E-state index >= 15 is 0 Å². The summed E-state index contributed by atoms with van der Waals surface area (Å²) in [5.41, 5.74) is 0. The van der Waals surface area contributed by atoms with Gasteiger partial charge in [0.25, 0.3) is 0 Å². The Bertz CT molecular complexity index is 251. The van der Waals surface area contributed by atoms with Crippen molar-refractivity contribution in [2.75, 3.05) is 7.11 Å². The first-order valence-corrected chi connectivity index (χ1v) is 5.02. The molecule has 5 atom stereocenters. The van der Waals surface area contributed by atoms with Crippen LogP contribution in [0.5, 0.6) is 0 Å². The highest BCUT2D eigenvalue weighted by Crippen LogP contribution is 2.59. The monoisotopic (exact) mass is 182 g/mol. The summed E-state index contributed by atoms with van der Waals surface area (Å²) in [7, 11) is 1.46. The maximum Gasteiger partial charge on any atom is 0.305 e. The number of ether oxygens (including phenoxy) is 2. The summed E-state index contributed by atoms with van der Waals surface area (Å²) < 4.78 is 10.2. The van der Waals surface area contributed by atoms with Gasteiger partial charge < -0.3 is 9.47 Å². The van der Waals surface area contributed by atoms with Crippen molar-refractivity contribution in [1.29, 1.82) is 0 Å². The normalized spacial score (nSPS) is 50.4. The van der Waals surface area contributed by atoms with Gasteiger partial charge in [-0.1, -0.05) is 0 Å². The van der Waals surface area contributed by atoms with E-state index in [0.717, 1.165) is 5.92 Å². The lowest BCUT2D eigenvalue weighted by Gasteiger charge is -2.17. The number of esters is 1. The molecule has 5 unspecified atom stereocenters. The predicted molar refractivity (Wildman–Crippen MR) is 45.0 cm³/mol. The summed E-state index contributed by atoms with van der Waals surface area (Å²) in [4.78, 5) is 11.1. The van der Waals surface area contributed by atoms with Crippen molar-refractivity contribution in [2.45, 2.75) is 31.5 Å². The minimum Gasteiger partial charge on any atom is -0.469 e. The van der Waals surface area contributed by atoms with E-state index in [9.17, 15) is 4.79 Å². The Morgan fingerprint density at radius 1 is 1.46 bits per heavy atom. The van der Waals surface area contributed by atoms with Gasteiger partial charge in [-0.05, 0) is 30.6 Å². The van der Waals surface area contributed by atoms with Gasteiger partial charge in [-0.2, -0.15) is 0 Å². The third-order valence-electron chi connectivity index (χ3n) is 3.89. The molecule has 3 rings (SSSR count). The molecule has 3 aliphatic rings. The van der Waals surface area contributed by atoms with Crippen LogP contribution in [-0.2, 0) is 14.3 Å². The molecule has 0 spiro atoms. The first-order valence-electron chi connectivity index (χ1n) is 5.02. The van der Waals surface area contributed by atoms with Gasteiger partial charge >= 0.3 is 5.97 Å². The fourth-order valence-electron chi connectivity index (χ4n) is 3.26. The van der Waals surface area contributed by atoms with E-state index in [1.807, 2.05) is 0 Å². The molecular formula is C10H14O3. The molecule has 3 fully saturated rings. The highest BCUT2D eigenvalue weighted by Gasteiger charge is 2.63. The highest BCUT2D eigenvalue weighted by atomic mass is 16.6. The molecule has 0 aromatic rings. The zero-order chi connectivity index (χ0) is 9.00. The topological polar surface area (TPSA) is 38.8 Å². The maximum atomic E-state index is 11.1. The van der Waals surface area contributed by atoms with Crippen LogP contribution >= 0.6 is 0 Å². The average Bonchev–Trinajstić information content (AvgIpc) is 2.76. The van der Waals surface area contributed by atoms with Crippen molar-refractivity contribution >= 4 is 5.97 Å². The Hall–Kier alpha value is -0.570. The Morgan fingerprint density at radius 3 is 2.92 bits per heavy atom.